The van der Waals surface area contributed by atoms with Gasteiger partial charge in [-0.05, 0) is 37.0 Å². The van der Waals surface area contributed by atoms with Crippen LogP contribution in [0.2, 0.25) is 0 Å². The number of unbranched alkanes of at least 4 members (excludes halogenated alkanes) is 3. The molecule has 0 aromatic carbocycles. The molecular weight excluding hydrogens is 230 g/mol. The standard InChI is InChI=1S/C13H19N3S/c1-17-10-5-3-2-4-8-15-12-7-6-9-16-13(12)11-14/h6-7,9,15H,2-5,8,10H2,1H3. The van der Waals surface area contributed by atoms with Crippen LogP contribution in [0, 0.1) is 11.3 Å². The molecule has 0 saturated carbocycles. The minimum Gasteiger partial charge on any atom is -0.383 e. The predicted molar refractivity (Wildman–Crippen MR) is 74.3 cm³/mol. The highest BCUT2D eigenvalue weighted by Gasteiger charge is 2.00. The summed E-state index contributed by atoms with van der Waals surface area (Å²) in [7, 11) is 0. The van der Waals surface area contributed by atoms with E-state index in [-0.39, 0.29) is 0 Å². The van der Waals surface area contributed by atoms with Crippen molar-refractivity contribution in [2.24, 2.45) is 0 Å². The van der Waals surface area contributed by atoms with E-state index in [0.717, 1.165) is 18.7 Å². The van der Waals surface area contributed by atoms with Crippen LogP contribution in [0.25, 0.3) is 0 Å². The molecule has 3 nitrogen and oxygen atoms in total. The van der Waals surface area contributed by atoms with E-state index in [0.29, 0.717) is 5.69 Å². The molecule has 0 aliphatic carbocycles. The Balaban J connectivity index is 2.16. The Hall–Kier alpha value is -1.21. The molecule has 0 radical (unpaired) electrons. The largest absolute Gasteiger partial charge is 0.383 e. The number of aromatic nitrogens is 1. The van der Waals surface area contributed by atoms with E-state index in [2.05, 4.69) is 22.6 Å². The van der Waals surface area contributed by atoms with Crippen molar-refractivity contribution >= 4 is 17.4 Å². The number of anilines is 1. The Morgan fingerprint density at radius 2 is 2.18 bits per heavy atom. The molecule has 17 heavy (non-hydrogen) atoms. The van der Waals surface area contributed by atoms with Gasteiger partial charge in [-0.3, -0.25) is 0 Å². The molecule has 0 bridgehead atoms. The van der Waals surface area contributed by atoms with E-state index >= 15 is 0 Å². The van der Waals surface area contributed by atoms with Gasteiger partial charge in [-0.2, -0.15) is 17.0 Å². The Bertz CT molecular complexity index is 360. The fourth-order valence-corrected chi connectivity index (χ4v) is 2.08. The normalized spacial score (nSPS) is 9.88. The van der Waals surface area contributed by atoms with Gasteiger partial charge in [0.05, 0.1) is 5.69 Å². The van der Waals surface area contributed by atoms with E-state index in [1.54, 1.807) is 6.20 Å². The van der Waals surface area contributed by atoms with Crippen molar-refractivity contribution in [3.63, 3.8) is 0 Å². The lowest BCUT2D eigenvalue weighted by Crippen LogP contribution is -2.04. The SMILES string of the molecule is CSCCCCCCNc1cccnc1C#N. The molecule has 0 aliphatic heterocycles. The summed E-state index contributed by atoms with van der Waals surface area (Å²) in [6, 6.07) is 5.84. The van der Waals surface area contributed by atoms with Crippen LogP contribution in [-0.4, -0.2) is 23.5 Å². The molecule has 0 amide bonds. The Kier molecular flexibility index (Phi) is 7.24. The summed E-state index contributed by atoms with van der Waals surface area (Å²) in [4.78, 5) is 4.01. The van der Waals surface area contributed by atoms with Crippen molar-refractivity contribution < 1.29 is 0 Å². The number of nitriles is 1. The van der Waals surface area contributed by atoms with E-state index in [4.69, 9.17) is 5.26 Å². The second-order valence-corrected chi connectivity index (χ2v) is 4.83. The summed E-state index contributed by atoms with van der Waals surface area (Å²) in [5, 5.41) is 12.1. The zero-order valence-electron chi connectivity index (χ0n) is 10.3. The van der Waals surface area contributed by atoms with Gasteiger partial charge in [0.15, 0.2) is 5.69 Å². The van der Waals surface area contributed by atoms with Crippen molar-refractivity contribution in [2.45, 2.75) is 25.7 Å². The minimum absolute atomic E-state index is 0.481. The maximum absolute atomic E-state index is 8.86. The first kappa shape index (κ1) is 13.9. The second-order valence-electron chi connectivity index (χ2n) is 3.85. The summed E-state index contributed by atoms with van der Waals surface area (Å²) in [5.74, 6) is 1.26. The van der Waals surface area contributed by atoms with Crippen LogP contribution in [0.3, 0.4) is 0 Å². The van der Waals surface area contributed by atoms with Gasteiger partial charge in [0.2, 0.25) is 0 Å². The maximum Gasteiger partial charge on any atom is 0.163 e. The second kappa shape index (κ2) is 8.89. The van der Waals surface area contributed by atoms with E-state index < -0.39 is 0 Å². The minimum atomic E-state index is 0.481. The summed E-state index contributed by atoms with van der Waals surface area (Å²) in [6.45, 7) is 0.916. The first-order valence-corrected chi connectivity index (χ1v) is 7.36. The Morgan fingerprint density at radius 3 is 2.94 bits per heavy atom. The van der Waals surface area contributed by atoms with E-state index in [1.807, 2.05) is 23.9 Å². The molecule has 92 valence electrons. The highest BCUT2D eigenvalue weighted by Crippen LogP contribution is 2.11. The van der Waals surface area contributed by atoms with Crippen LogP contribution in [0.15, 0.2) is 18.3 Å². The summed E-state index contributed by atoms with van der Waals surface area (Å²) in [5.41, 5.74) is 1.33. The van der Waals surface area contributed by atoms with Crippen molar-refractivity contribution in [1.82, 2.24) is 4.98 Å². The molecular formula is C13H19N3S. The van der Waals surface area contributed by atoms with Crippen LogP contribution < -0.4 is 5.32 Å². The number of hydrogen-bond acceptors (Lipinski definition) is 4. The molecule has 0 saturated heterocycles. The third kappa shape index (κ3) is 5.60. The number of nitrogens with zero attached hydrogens (tertiary/aromatic N) is 2. The van der Waals surface area contributed by atoms with Crippen LogP contribution >= 0.6 is 11.8 Å². The topological polar surface area (TPSA) is 48.7 Å². The van der Waals surface area contributed by atoms with Crippen LogP contribution in [-0.2, 0) is 0 Å². The molecule has 0 unspecified atom stereocenters. The van der Waals surface area contributed by atoms with Gasteiger partial charge in [-0.1, -0.05) is 12.8 Å². The molecule has 1 heterocycles. The number of rotatable bonds is 8. The van der Waals surface area contributed by atoms with Crippen molar-refractivity contribution in [3.8, 4) is 6.07 Å². The van der Waals surface area contributed by atoms with Gasteiger partial charge in [0, 0.05) is 12.7 Å². The van der Waals surface area contributed by atoms with Crippen molar-refractivity contribution in [3.05, 3.63) is 24.0 Å². The molecule has 0 atom stereocenters. The molecule has 0 spiro atoms. The molecule has 4 heteroatoms. The lowest BCUT2D eigenvalue weighted by molar-refractivity contribution is 0.689. The molecule has 1 aromatic heterocycles. The van der Waals surface area contributed by atoms with Crippen LogP contribution in [0.5, 0.6) is 0 Å². The lowest BCUT2D eigenvalue weighted by Gasteiger charge is -2.06. The van der Waals surface area contributed by atoms with Crippen LogP contribution in [0.1, 0.15) is 31.4 Å². The fourth-order valence-electron chi connectivity index (χ4n) is 1.59. The zero-order valence-corrected chi connectivity index (χ0v) is 11.1. The zero-order chi connectivity index (χ0) is 12.3. The molecule has 1 aromatic rings. The van der Waals surface area contributed by atoms with Gasteiger partial charge in [-0.15, -0.1) is 0 Å². The van der Waals surface area contributed by atoms with Crippen molar-refractivity contribution in [1.29, 1.82) is 5.26 Å². The summed E-state index contributed by atoms with van der Waals surface area (Å²) >= 11 is 1.91. The van der Waals surface area contributed by atoms with Gasteiger partial charge in [0.25, 0.3) is 0 Å². The quantitative estimate of drug-likeness (QED) is 0.718. The molecule has 1 N–H and O–H groups in total. The third-order valence-corrected chi connectivity index (χ3v) is 3.20. The van der Waals surface area contributed by atoms with E-state index in [9.17, 15) is 0 Å². The maximum atomic E-state index is 8.86. The highest BCUT2D eigenvalue weighted by atomic mass is 32.2. The monoisotopic (exact) mass is 249 g/mol. The number of hydrogen-bond donors (Lipinski definition) is 1. The van der Waals surface area contributed by atoms with Gasteiger partial charge in [0.1, 0.15) is 6.07 Å². The average Bonchev–Trinajstić information content (AvgIpc) is 2.38. The predicted octanol–water partition coefficient (Wildman–Crippen LogP) is 3.29. The molecule has 0 aliphatic rings. The van der Waals surface area contributed by atoms with Gasteiger partial charge < -0.3 is 5.32 Å². The van der Waals surface area contributed by atoms with Gasteiger partial charge >= 0.3 is 0 Å². The third-order valence-electron chi connectivity index (χ3n) is 2.50. The van der Waals surface area contributed by atoms with Crippen LogP contribution in [0.4, 0.5) is 5.69 Å². The Labute approximate surface area is 108 Å². The first-order valence-electron chi connectivity index (χ1n) is 5.96. The molecule has 0 fully saturated rings. The first-order chi connectivity index (χ1) is 8.38. The fraction of sp³-hybridized carbons (Fsp3) is 0.538. The average molecular weight is 249 g/mol. The summed E-state index contributed by atoms with van der Waals surface area (Å²) in [6.07, 6.45) is 8.78. The number of nitrogens with one attached hydrogen (secondary N) is 1. The summed E-state index contributed by atoms with van der Waals surface area (Å²) < 4.78 is 0. The molecule has 1 rings (SSSR count). The number of pyridine rings is 1. The smallest absolute Gasteiger partial charge is 0.163 e. The Morgan fingerprint density at radius 1 is 1.35 bits per heavy atom. The van der Waals surface area contributed by atoms with Crippen molar-refractivity contribution in [2.75, 3.05) is 23.9 Å². The van der Waals surface area contributed by atoms with Gasteiger partial charge in [-0.25, -0.2) is 4.98 Å². The number of thioether (sulfide) groups is 1. The lowest BCUT2D eigenvalue weighted by atomic mass is 10.2. The highest BCUT2D eigenvalue weighted by molar-refractivity contribution is 7.98. The van der Waals surface area contributed by atoms with E-state index in [1.165, 1.54) is 25.0 Å².